The SMILES string of the molecule is CN1CCN(c2ccc(NC(=O)Nc3ccc(-c4nc(N5CC6CCC(C5)O6)cc(C(F)(F)F)n4)cc3)cc2)CC1. The largest absolute Gasteiger partial charge is 0.433 e. The molecular weight excluding hydrogens is 535 g/mol. The van der Waals surface area contributed by atoms with Crippen LogP contribution in [0.25, 0.3) is 11.4 Å². The van der Waals surface area contributed by atoms with Gasteiger partial charge < -0.3 is 30.1 Å². The highest BCUT2D eigenvalue weighted by Gasteiger charge is 2.37. The van der Waals surface area contributed by atoms with E-state index in [1.54, 1.807) is 24.3 Å². The Morgan fingerprint density at radius 1 is 0.854 bits per heavy atom. The van der Waals surface area contributed by atoms with Crippen LogP contribution in [0.3, 0.4) is 0 Å². The van der Waals surface area contributed by atoms with Crippen LogP contribution < -0.4 is 20.4 Å². The van der Waals surface area contributed by atoms with Gasteiger partial charge in [0.05, 0.1) is 12.2 Å². The molecule has 2 bridgehead atoms. The van der Waals surface area contributed by atoms with Crippen LogP contribution in [0.5, 0.6) is 0 Å². The molecule has 3 fully saturated rings. The quantitative estimate of drug-likeness (QED) is 0.453. The Bertz CT molecular complexity index is 1360. The van der Waals surface area contributed by atoms with Crippen LogP contribution >= 0.6 is 0 Å². The summed E-state index contributed by atoms with van der Waals surface area (Å²) in [5.74, 6) is 0.216. The summed E-state index contributed by atoms with van der Waals surface area (Å²) in [4.78, 5) is 27.3. The van der Waals surface area contributed by atoms with Gasteiger partial charge in [-0.3, -0.25) is 0 Å². The van der Waals surface area contributed by atoms with Gasteiger partial charge in [-0.2, -0.15) is 13.2 Å². The van der Waals surface area contributed by atoms with Crippen molar-refractivity contribution in [3.05, 3.63) is 60.3 Å². The second kappa shape index (κ2) is 11.2. The number of nitrogens with zero attached hydrogens (tertiary/aromatic N) is 5. The molecule has 216 valence electrons. The number of halogens is 3. The number of anilines is 4. The molecule has 2 aromatic carbocycles. The van der Waals surface area contributed by atoms with E-state index in [4.69, 9.17) is 4.74 Å². The van der Waals surface area contributed by atoms with Crippen molar-refractivity contribution in [2.75, 3.05) is 66.7 Å². The monoisotopic (exact) mass is 567 g/mol. The molecule has 9 nitrogen and oxygen atoms in total. The number of ether oxygens (including phenoxy) is 1. The smallest absolute Gasteiger partial charge is 0.371 e. The Labute approximate surface area is 236 Å². The van der Waals surface area contributed by atoms with Gasteiger partial charge >= 0.3 is 12.2 Å². The molecule has 0 spiro atoms. The molecule has 0 saturated carbocycles. The van der Waals surface area contributed by atoms with Gasteiger partial charge in [-0.15, -0.1) is 0 Å². The third-order valence-electron chi connectivity index (χ3n) is 7.77. The van der Waals surface area contributed by atoms with Crippen LogP contribution in [0.4, 0.5) is 40.8 Å². The molecule has 3 saturated heterocycles. The van der Waals surface area contributed by atoms with E-state index in [2.05, 4.69) is 37.4 Å². The summed E-state index contributed by atoms with van der Waals surface area (Å²) in [6.07, 6.45) is -2.80. The summed E-state index contributed by atoms with van der Waals surface area (Å²) < 4.78 is 47.0. The van der Waals surface area contributed by atoms with Gasteiger partial charge in [0.15, 0.2) is 11.5 Å². The fourth-order valence-electron chi connectivity index (χ4n) is 5.49. The van der Waals surface area contributed by atoms with Crippen LogP contribution in [-0.2, 0) is 10.9 Å². The number of morpholine rings is 1. The van der Waals surface area contributed by atoms with E-state index in [1.807, 2.05) is 29.2 Å². The lowest BCUT2D eigenvalue weighted by atomic mass is 10.2. The molecule has 1 aromatic heterocycles. The average molecular weight is 568 g/mol. The number of amides is 2. The number of piperazine rings is 1. The number of urea groups is 1. The number of benzene rings is 2. The van der Waals surface area contributed by atoms with Crippen LogP contribution in [0.15, 0.2) is 54.6 Å². The van der Waals surface area contributed by atoms with Crippen molar-refractivity contribution < 1.29 is 22.7 Å². The lowest BCUT2D eigenvalue weighted by molar-refractivity contribution is -0.141. The summed E-state index contributed by atoms with van der Waals surface area (Å²) in [6, 6.07) is 14.7. The summed E-state index contributed by atoms with van der Waals surface area (Å²) in [5.41, 5.74) is 1.67. The van der Waals surface area contributed by atoms with Gasteiger partial charge in [0.1, 0.15) is 5.82 Å². The second-order valence-corrected chi connectivity index (χ2v) is 10.8. The highest BCUT2D eigenvalue weighted by molar-refractivity contribution is 5.99. The molecule has 3 aromatic rings. The van der Waals surface area contributed by atoms with E-state index >= 15 is 0 Å². The lowest BCUT2D eigenvalue weighted by Crippen LogP contribution is -2.44. The van der Waals surface area contributed by atoms with Crippen molar-refractivity contribution in [3.8, 4) is 11.4 Å². The van der Waals surface area contributed by atoms with E-state index in [1.165, 1.54) is 0 Å². The molecule has 4 heterocycles. The van der Waals surface area contributed by atoms with Crippen LogP contribution in [-0.4, -0.2) is 79.4 Å². The maximum absolute atomic E-state index is 13.7. The van der Waals surface area contributed by atoms with E-state index in [0.717, 1.165) is 50.8 Å². The first-order valence-corrected chi connectivity index (χ1v) is 13.8. The van der Waals surface area contributed by atoms with Gasteiger partial charge in [-0.1, -0.05) is 0 Å². The molecule has 2 unspecified atom stereocenters. The molecule has 0 aliphatic carbocycles. The summed E-state index contributed by atoms with van der Waals surface area (Å²) in [5, 5.41) is 5.57. The standard InChI is InChI=1S/C29H32F3N7O2/c1-37-12-14-38(15-13-37)22-8-6-21(7-9-22)34-28(40)33-20-4-2-19(3-5-20)27-35-25(29(30,31)32)16-26(36-27)39-17-23-10-11-24(18-39)41-23/h2-9,16,23-24H,10-15,17-18H2,1H3,(H2,33,34,40). The fraction of sp³-hybridized carbons (Fsp3) is 0.414. The van der Waals surface area contributed by atoms with Gasteiger partial charge in [0, 0.05) is 68.0 Å². The topological polar surface area (TPSA) is 85.9 Å². The van der Waals surface area contributed by atoms with Gasteiger partial charge in [0.2, 0.25) is 0 Å². The first-order valence-electron chi connectivity index (χ1n) is 13.8. The molecular formula is C29H32F3N7O2. The lowest BCUT2D eigenvalue weighted by Gasteiger charge is -2.34. The predicted molar refractivity (Wildman–Crippen MR) is 151 cm³/mol. The van der Waals surface area contributed by atoms with E-state index < -0.39 is 17.9 Å². The number of alkyl halides is 3. The third kappa shape index (κ3) is 6.38. The van der Waals surface area contributed by atoms with Crippen LogP contribution in [0.2, 0.25) is 0 Å². The molecule has 2 amide bonds. The van der Waals surface area contributed by atoms with Gasteiger partial charge in [-0.25, -0.2) is 14.8 Å². The van der Waals surface area contributed by atoms with E-state index in [9.17, 15) is 18.0 Å². The Morgan fingerprint density at radius 2 is 1.44 bits per heavy atom. The molecule has 3 aliphatic heterocycles. The van der Waals surface area contributed by atoms with Gasteiger partial charge in [-0.05, 0) is 68.4 Å². The number of nitrogens with one attached hydrogen (secondary N) is 2. The molecule has 0 radical (unpaired) electrons. The van der Waals surface area contributed by atoms with Crippen molar-refractivity contribution in [2.45, 2.75) is 31.2 Å². The molecule has 12 heteroatoms. The molecule has 6 rings (SSSR count). The molecule has 41 heavy (non-hydrogen) atoms. The van der Waals surface area contributed by atoms with Gasteiger partial charge in [0.25, 0.3) is 0 Å². The minimum absolute atomic E-state index is 0.00731. The highest BCUT2D eigenvalue weighted by Crippen LogP contribution is 2.34. The first kappa shape index (κ1) is 27.3. The van der Waals surface area contributed by atoms with Crippen molar-refractivity contribution in [2.24, 2.45) is 0 Å². The Kier molecular flexibility index (Phi) is 7.43. The van der Waals surface area contributed by atoms with E-state index in [-0.39, 0.29) is 23.9 Å². The molecule has 2 atom stereocenters. The first-order chi connectivity index (χ1) is 19.7. The minimum atomic E-state index is -4.61. The molecule has 3 aliphatic rings. The van der Waals surface area contributed by atoms with Crippen LogP contribution in [0, 0.1) is 0 Å². The fourth-order valence-corrected chi connectivity index (χ4v) is 5.49. The zero-order valence-corrected chi connectivity index (χ0v) is 22.7. The number of hydrogen-bond acceptors (Lipinski definition) is 7. The average Bonchev–Trinajstić information content (AvgIpc) is 3.30. The molecule has 2 N–H and O–H groups in total. The normalized spacial score (nSPS) is 21.2. The Balaban J connectivity index is 1.12. The number of likely N-dealkylation sites (N-methyl/N-ethyl adjacent to an activating group) is 1. The highest BCUT2D eigenvalue weighted by atomic mass is 19.4. The maximum atomic E-state index is 13.7. The van der Waals surface area contributed by atoms with Crippen molar-refractivity contribution in [1.29, 1.82) is 0 Å². The van der Waals surface area contributed by atoms with Crippen molar-refractivity contribution in [3.63, 3.8) is 0 Å². The third-order valence-corrected chi connectivity index (χ3v) is 7.77. The van der Waals surface area contributed by atoms with Crippen LogP contribution in [0.1, 0.15) is 18.5 Å². The summed E-state index contributed by atoms with van der Waals surface area (Å²) in [7, 11) is 2.11. The summed E-state index contributed by atoms with van der Waals surface area (Å²) >= 11 is 0. The van der Waals surface area contributed by atoms with Crippen molar-refractivity contribution in [1.82, 2.24) is 14.9 Å². The number of hydrogen-bond donors (Lipinski definition) is 2. The second-order valence-electron chi connectivity index (χ2n) is 10.8. The maximum Gasteiger partial charge on any atom is 0.433 e. The Morgan fingerprint density at radius 3 is 2.02 bits per heavy atom. The Hall–Kier alpha value is -3.90. The zero-order valence-electron chi connectivity index (χ0n) is 22.7. The summed E-state index contributed by atoms with van der Waals surface area (Å²) in [6.45, 7) is 4.94. The minimum Gasteiger partial charge on any atom is -0.371 e. The number of carbonyl (C=O) groups is 1. The van der Waals surface area contributed by atoms with Crippen molar-refractivity contribution >= 4 is 28.9 Å². The predicted octanol–water partition coefficient (Wildman–Crippen LogP) is 4.93. The van der Waals surface area contributed by atoms with E-state index in [0.29, 0.717) is 30.0 Å². The number of rotatable bonds is 5. The number of aromatic nitrogens is 2. The number of fused-ring (bicyclic) bond motifs is 2. The number of carbonyl (C=O) groups excluding carboxylic acids is 1. The zero-order chi connectivity index (χ0) is 28.6.